The van der Waals surface area contributed by atoms with Gasteiger partial charge in [-0.15, -0.1) is 0 Å². The summed E-state index contributed by atoms with van der Waals surface area (Å²) >= 11 is 3.67. The Morgan fingerprint density at radius 2 is 1.50 bits per heavy atom. The molecule has 0 aromatic heterocycles. The SMILES string of the molecule is O=CC1(Br)C2CCCC1CCC2. The van der Waals surface area contributed by atoms with Gasteiger partial charge < -0.3 is 4.79 Å². The van der Waals surface area contributed by atoms with Crippen LogP contribution in [-0.2, 0) is 4.79 Å². The highest BCUT2D eigenvalue weighted by Gasteiger charge is 2.47. The number of halogens is 1. The zero-order chi connectivity index (χ0) is 8.60. The first-order chi connectivity index (χ1) is 5.77. The predicted molar refractivity (Wildman–Crippen MR) is 52.4 cm³/mol. The molecule has 0 unspecified atom stereocenters. The topological polar surface area (TPSA) is 17.1 Å². The van der Waals surface area contributed by atoms with Crippen molar-refractivity contribution in [3.63, 3.8) is 0 Å². The third-order valence-electron chi connectivity index (χ3n) is 3.64. The first-order valence-electron chi connectivity index (χ1n) is 4.92. The molecule has 68 valence electrons. The zero-order valence-corrected chi connectivity index (χ0v) is 8.85. The quantitative estimate of drug-likeness (QED) is 0.501. The van der Waals surface area contributed by atoms with Crippen LogP contribution < -0.4 is 0 Å². The monoisotopic (exact) mass is 230 g/mol. The highest BCUT2D eigenvalue weighted by Crippen LogP contribution is 2.51. The van der Waals surface area contributed by atoms with Crippen LogP contribution in [0.3, 0.4) is 0 Å². The lowest BCUT2D eigenvalue weighted by Crippen LogP contribution is -2.46. The number of fused-ring (bicyclic) bond motifs is 2. The standard InChI is InChI=1S/C10H15BrO/c11-10(7-12)8-3-1-4-9(10)6-2-5-8/h7-9H,1-6H2. The van der Waals surface area contributed by atoms with E-state index in [2.05, 4.69) is 15.9 Å². The summed E-state index contributed by atoms with van der Waals surface area (Å²) in [5.41, 5.74) is 0. The molecule has 0 N–H and O–H groups in total. The Kier molecular flexibility index (Phi) is 2.28. The highest BCUT2D eigenvalue weighted by molar-refractivity contribution is 9.10. The molecule has 0 aromatic rings. The van der Waals surface area contributed by atoms with Gasteiger partial charge in [0.2, 0.25) is 0 Å². The maximum absolute atomic E-state index is 11.0. The van der Waals surface area contributed by atoms with Crippen molar-refractivity contribution in [2.75, 3.05) is 0 Å². The fraction of sp³-hybridized carbons (Fsp3) is 0.900. The predicted octanol–water partition coefficient (Wildman–Crippen LogP) is 2.92. The van der Waals surface area contributed by atoms with Gasteiger partial charge in [-0.25, -0.2) is 0 Å². The maximum atomic E-state index is 11.0. The molecule has 2 heteroatoms. The molecule has 0 spiro atoms. The summed E-state index contributed by atoms with van der Waals surface area (Å²) in [6, 6.07) is 0. The number of alkyl halides is 1. The van der Waals surface area contributed by atoms with Gasteiger partial charge in [0.05, 0.1) is 4.32 Å². The van der Waals surface area contributed by atoms with E-state index in [1.807, 2.05) is 0 Å². The number of aldehydes is 1. The van der Waals surface area contributed by atoms with Crippen molar-refractivity contribution >= 4 is 22.2 Å². The zero-order valence-electron chi connectivity index (χ0n) is 7.26. The maximum Gasteiger partial charge on any atom is 0.137 e. The van der Waals surface area contributed by atoms with Crippen LogP contribution in [0.4, 0.5) is 0 Å². The minimum Gasteiger partial charge on any atom is -0.302 e. The van der Waals surface area contributed by atoms with Gasteiger partial charge in [-0.2, -0.15) is 0 Å². The Hall–Kier alpha value is 0.150. The molecule has 2 fully saturated rings. The molecule has 0 aromatic carbocycles. The molecular formula is C10H15BrO. The van der Waals surface area contributed by atoms with Crippen LogP contribution >= 0.6 is 15.9 Å². The number of rotatable bonds is 1. The van der Waals surface area contributed by atoms with Crippen molar-refractivity contribution in [2.45, 2.75) is 42.8 Å². The highest BCUT2D eigenvalue weighted by atomic mass is 79.9. The first kappa shape index (κ1) is 8.74. The van der Waals surface area contributed by atoms with Gasteiger partial charge in [0.15, 0.2) is 0 Å². The molecule has 2 bridgehead atoms. The normalized spacial score (nSPS) is 47.1. The van der Waals surface area contributed by atoms with Crippen molar-refractivity contribution in [2.24, 2.45) is 11.8 Å². The van der Waals surface area contributed by atoms with Crippen LogP contribution in [0, 0.1) is 11.8 Å². The average molecular weight is 231 g/mol. The molecule has 2 rings (SSSR count). The second kappa shape index (κ2) is 3.13. The van der Waals surface area contributed by atoms with Crippen LogP contribution in [0.15, 0.2) is 0 Å². The lowest BCUT2D eigenvalue weighted by molar-refractivity contribution is -0.114. The second-order valence-electron chi connectivity index (χ2n) is 4.20. The van der Waals surface area contributed by atoms with Crippen molar-refractivity contribution in [1.29, 1.82) is 0 Å². The Morgan fingerprint density at radius 3 is 1.75 bits per heavy atom. The van der Waals surface area contributed by atoms with Crippen LogP contribution in [0.25, 0.3) is 0 Å². The Balaban J connectivity index is 2.24. The van der Waals surface area contributed by atoms with Crippen molar-refractivity contribution in [3.05, 3.63) is 0 Å². The lowest BCUT2D eigenvalue weighted by atomic mass is 9.65. The largest absolute Gasteiger partial charge is 0.302 e. The summed E-state index contributed by atoms with van der Waals surface area (Å²) in [6.07, 6.45) is 8.83. The van der Waals surface area contributed by atoms with E-state index < -0.39 is 0 Å². The van der Waals surface area contributed by atoms with E-state index >= 15 is 0 Å². The molecule has 12 heavy (non-hydrogen) atoms. The molecule has 0 heterocycles. The summed E-state index contributed by atoms with van der Waals surface area (Å²) < 4.78 is -0.135. The number of hydrogen-bond donors (Lipinski definition) is 0. The molecule has 0 amide bonds. The van der Waals surface area contributed by atoms with Gasteiger partial charge in [0.25, 0.3) is 0 Å². The van der Waals surface area contributed by atoms with Gasteiger partial charge in [-0.05, 0) is 37.5 Å². The van der Waals surface area contributed by atoms with E-state index in [1.54, 1.807) is 0 Å². The minimum atomic E-state index is -0.135. The van der Waals surface area contributed by atoms with Crippen molar-refractivity contribution in [1.82, 2.24) is 0 Å². The molecule has 1 nitrogen and oxygen atoms in total. The summed E-state index contributed by atoms with van der Waals surface area (Å²) in [5, 5.41) is 0. The van der Waals surface area contributed by atoms with E-state index in [0.29, 0.717) is 11.8 Å². The Bertz CT molecular complexity index is 168. The molecule has 2 saturated carbocycles. The van der Waals surface area contributed by atoms with Gasteiger partial charge in [0.1, 0.15) is 6.29 Å². The van der Waals surface area contributed by atoms with Crippen molar-refractivity contribution in [3.8, 4) is 0 Å². The number of carbonyl (C=O) groups is 1. The van der Waals surface area contributed by atoms with E-state index in [4.69, 9.17) is 0 Å². The van der Waals surface area contributed by atoms with Gasteiger partial charge in [0, 0.05) is 0 Å². The first-order valence-corrected chi connectivity index (χ1v) is 5.72. The number of carbonyl (C=O) groups excluding carboxylic acids is 1. The second-order valence-corrected chi connectivity index (χ2v) is 5.57. The van der Waals surface area contributed by atoms with E-state index in [-0.39, 0.29) is 4.32 Å². The summed E-state index contributed by atoms with van der Waals surface area (Å²) in [6.45, 7) is 0. The molecule has 2 aliphatic rings. The third kappa shape index (κ3) is 1.15. The van der Waals surface area contributed by atoms with Crippen molar-refractivity contribution < 1.29 is 4.79 Å². The molecule has 0 aliphatic heterocycles. The smallest absolute Gasteiger partial charge is 0.137 e. The van der Waals surface area contributed by atoms with Crippen LogP contribution in [0.1, 0.15) is 38.5 Å². The molecule has 0 radical (unpaired) electrons. The average Bonchev–Trinajstić information content (AvgIpc) is 2.03. The molecule has 0 atom stereocenters. The summed E-state index contributed by atoms with van der Waals surface area (Å²) in [4.78, 5) is 11.0. The summed E-state index contributed by atoms with van der Waals surface area (Å²) in [5.74, 6) is 1.25. The molecular weight excluding hydrogens is 216 g/mol. The van der Waals surface area contributed by atoms with Crippen LogP contribution in [0.5, 0.6) is 0 Å². The van der Waals surface area contributed by atoms with E-state index in [1.165, 1.54) is 44.8 Å². The van der Waals surface area contributed by atoms with Gasteiger partial charge >= 0.3 is 0 Å². The number of hydrogen-bond acceptors (Lipinski definition) is 1. The fourth-order valence-electron chi connectivity index (χ4n) is 2.92. The van der Waals surface area contributed by atoms with Crippen LogP contribution in [-0.4, -0.2) is 10.6 Å². The van der Waals surface area contributed by atoms with Gasteiger partial charge in [-0.1, -0.05) is 28.8 Å². The third-order valence-corrected chi connectivity index (χ3v) is 5.12. The fourth-order valence-corrected chi connectivity index (χ4v) is 3.84. The molecule has 0 saturated heterocycles. The Labute approximate surface area is 82.0 Å². The van der Waals surface area contributed by atoms with E-state index in [9.17, 15) is 4.79 Å². The van der Waals surface area contributed by atoms with Crippen LogP contribution in [0.2, 0.25) is 0 Å². The summed E-state index contributed by atoms with van der Waals surface area (Å²) in [7, 11) is 0. The Morgan fingerprint density at radius 1 is 1.08 bits per heavy atom. The lowest BCUT2D eigenvalue weighted by Gasteiger charge is -2.46. The molecule has 2 aliphatic carbocycles. The minimum absolute atomic E-state index is 0.135. The van der Waals surface area contributed by atoms with E-state index in [0.717, 1.165) is 0 Å². The van der Waals surface area contributed by atoms with Gasteiger partial charge in [-0.3, -0.25) is 0 Å².